The van der Waals surface area contributed by atoms with Gasteiger partial charge in [0.1, 0.15) is 22.6 Å². The van der Waals surface area contributed by atoms with Crippen LogP contribution in [0.3, 0.4) is 0 Å². The number of aromatic carboxylic acids is 2. The number of carboxylic acids is 2. The molecule has 2 aromatic rings. The second kappa shape index (κ2) is 7.73. The molecule has 0 saturated carbocycles. The van der Waals surface area contributed by atoms with Crippen molar-refractivity contribution in [2.75, 3.05) is 0 Å². The van der Waals surface area contributed by atoms with Crippen molar-refractivity contribution in [1.82, 2.24) is 0 Å². The normalized spacial score (nSPS) is 10.3. The van der Waals surface area contributed by atoms with Gasteiger partial charge < -0.3 is 20.4 Å². The van der Waals surface area contributed by atoms with Gasteiger partial charge in [-0.2, -0.15) is 10.2 Å². The summed E-state index contributed by atoms with van der Waals surface area (Å²) in [4.78, 5) is 21.8. The number of aromatic hydroxyl groups is 2. The Kier molecular flexibility index (Phi) is 6.26. The van der Waals surface area contributed by atoms with Crippen molar-refractivity contribution >= 4 is 23.3 Å². The molecule has 2 rings (SSSR count). The molecule has 0 amide bonds. The summed E-state index contributed by atoms with van der Waals surface area (Å²) in [6.07, 6.45) is 0. The predicted octanol–water partition coefficient (Wildman–Crippen LogP) is -0.0864. The first-order valence-corrected chi connectivity index (χ1v) is 5.93. The van der Waals surface area contributed by atoms with E-state index in [-0.39, 0.29) is 52.1 Å². The maximum Gasteiger partial charge on any atom is 1.00 e. The first kappa shape index (κ1) is 18.6. The minimum Gasteiger partial charge on any atom is -0.507 e. The Balaban J connectivity index is 0.00000264. The van der Waals surface area contributed by atoms with Crippen LogP contribution in [0.1, 0.15) is 20.7 Å². The van der Waals surface area contributed by atoms with Crippen LogP contribution in [0, 0.1) is 0 Å². The Labute approximate surface area is 152 Å². The van der Waals surface area contributed by atoms with E-state index in [9.17, 15) is 19.8 Å². The molecule has 2 aromatic carbocycles. The zero-order chi connectivity index (χ0) is 16.3. The number of phenols is 2. The molecule has 9 heteroatoms. The van der Waals surface area contributed by atoms with Crippen LogP contribution in [0.5, 0.6) is 11.5 Å². The Morgan fingerprint density at radius 1 is 0.739 bits per heavy atom. The first-order valence-electron chi connectivity index (χ1n) is 5.93. The summed E-state index contributed by atoms with van der Waals surface area (Å²) in [5.41, 5.74) is -0.318. The zero-order valence-corrected chi connectivity index (χ0v) is 14.0. The molecule has 0 atom stereocenters. The first-order chi connectivity index (χ1) is 10.4. The number of carboxylic acid groups (broad SMARTS) is 2. The maximum absolute atomic E-state index is 10.9. The van der Waals surface area contributed by atoms with Crippen LogP contribution in [-0.4, -0.2) is 32.4 Å². The summed E-state index contributed by atoms with van der Waals surface area (Å²) in [6.45, 7) is 0. The summed E-state index contributed by atoms with van der Waals surface area (Å²) in [6, 6.07) is 7.28. The van der Waals surface area contributed by atoms with Crippen LogP contribution in [0.4, 0.5) is 11.4 Å². The molecule has 0 unspecified atom stereocenters. The quantitative estimate of drug-likeness (QED) is 0.458. The Morgan fingerprint density at radius 2 is 1.09 bits per heavy atom. The minimum atomic E-state index is -1.31. The molecular weight excluding hydrogens is 315 g/mol. The van der Waals surface area contributed by atoms with Crippen LogP contribution >= 0.6 is 0 Å². The second-order valence-electron chi connectivity index (χ2n) is 4.21. The van der Waals surface area contributed by atoms with Crippen LogP contribution in [0.25, 0.3) is 0 Å². The predicted molar refractivity (Wildman–Crippen MR) is 74.3 cm³/mol. The molecule has 0 aromatic heterocycles. The van der Waals surface area contributed by atoms with Crippen molar-refractivity contribution in [3.8, 4) is 11.5 Å². The fraction of sp³-hybridized carbons (Fsp3) is 0. The molecule has 0 saturated heterocycles. The summed E-state index contributed by atoms with van der Waals surface area (Å²) in [5.74, 6) is -3.42. The molecule has 112 valence electrons. The molecule has 0 bridgehead atoms. The van der Waals surface area contributed by atoms with Gasteiger partial charge in [-0.25, -0.2) is 9.59 Å². The van der Waals surface area contributed by atoms with E-state index in [1.165, 1.54) is 12.1 Å². The maximum atomic E-state index is 10.9. The van der Waals surface area contributed by atoms with Crippen LogP contribution < -0.4 is 29.6 Å². The van der Waals surface area contributed by atoms with Gasteiger partial charge in [0.2, 0.25) is 0 Å². The minimum absolute atomic E-state index is 0. The molecule has 4 N–H and O–H groups in total. The van der Waals surface area contributed by atoms with Crippen molar-refractivity contribution in [1.29, 1.82) is 0 Å². The third-order valence-electron chi connectivity index (χ3n) is 2.70. The molecule has 0 aliphatic heterocycles. The molecule has 0 aliphatic carbocycles. The van der Waals surface area contributed by atoms with Gasteiger partial charge in [-0.15, -0.1) is 0 Å². The smallest absolute Gasteiger partial charge is 0.507 e. The Bertz CT molecular complexity index is 725. The number of hydrogen-bond acceptors (Lipinski definition) is 6. The van der Waals surface area contributed by atoms with E-state index in [4.69, 9.17) is 10.2 Å². The summed E-state index contributed by atoms with van der Waals surface area (Å²) < 4.78 is 0. The van der Waals surface area contributed by atoms with E-state index in [0.29, 0.717) is 0 Å². The number of carbonyl (C=O) groups is 2. The number of rotatable bonds is 4. The van der Waals surface area contributed by atoms with Crippen molar-refractivity contribution in [2.24, 2.45) is 10.2 Å². The van der Waals surface area contributed by atoms with E-state index < -0.39 is 23.4 Å². The van der Waals surface area contributed by atoms with E-state index in [1.54, 1.807) is 0 Å². The summed E-state index contributed by atoms with van der Waals surface area (Å²) in [7, 11) is 0. The average Bonchev–Trinajstić information content (AvgIpc) is 2.47. The topological polar surface area (TPSA) is 140 Å². The molecule has 0 spiro atoms. The fourth-order valence-corrected chi connectivity index (χ4v) is 1.63. The van der Waals surface area contributed by atoms with E-state index in [2.05, 4.69) is 10.2 Å². The second-order valence-corrected chi connectivity index (χ2v) is 4.21. The third-order valence-corrected chi connectivity index (χ3v) is 2.70. The standard InChI is InChI=1S/C14H10N2O6.Na/c17-11-3-1-7(5-9(11)13(19)20)15-16-8-2-4-12(18)10(6-8)14(21)22;/h1-6,17-18H,(H,19,20)(H,21,22);/q;+1. The van der Waals surface area contributed by atoms with Gasteiger partial charge in [0.05, 0.1) is 11.4 Å². The van der Waals surface area contributed by atoms with Gasteiger partial charge in [-0.3, -0.25) is 0 Å². The molecule has 23 heavy (non-hydrogen) atoms. The summed E-state index contributed by atoms with van der Waals surface area (Å²) >= 11 is 0. The van der Waals surface area contributed by atoms with E-state index in [0.717, 1.165) is 24.3 Å². The number of azo groups is 1. The Hall–Kier alpha value is -2.42. The monoisotopic (exact) mass is 325 g/mol. The van der Waals surface area contributed by atoms with Gasteiger partial charge in [0.15, 0.2) is 0 Å². The van der Waals surface area contributed by atoms with E-state index >= 15 is 0 Å². The fourth-order valence-electron chi connectivity index (χ4n) is 1.63. The molecule has 0 fully saturated rings. The van der Waals surface area contributed by atoms with Crippen LogP contribution in [0.15, 0.2) is 46.6 Å². The summed E-state index contributed by atoms with van der Waals surface area (Å²) in [5, 5.41) is 44.0. The van der Waals surface area contributed by atoms with Crippen LogP contribution in [0.2, 0.25) is 0 Å². The molecule has 0 radical (unpaired) electrons. The number of benzene rings is 2. The molecule has 0 heterocycles. The zero-order valence-electron chi connectivity index (χ0n) is 12.0. The Morgan fingerprint density at radius 3 is 1.39 bits per heavy atom. The van der Waals surface area contributed by atoms with Gasteiger partial charge >= 0.3 is 41.5 Å². The molecule has 0 aliphatic rings. The largest absolute Gasteiger partial charge is 1.00 e. The van der Waals surface area contributed by atoms with Gasteiger partial charge in [0.25, 0.3) is 0 Å². The number of hydrogen-bond donors (Lipinski definition) is 4. The van der Waals surface area contributed by atoms with Gasteiger partial charge in [-0.05, 0) is 36.4 Å². The van der Waals surface area contributed by atoms with E-state index in [1.807, 2.05) is 0 Å². The van der Waals surface area contributed by atoms with Crippen molar-refractivity contribution in [2.45, 2.75) is 0 Å². The van der Waals surface area contributed by atoms with Crippen molar-refractivity contribution < 1.29 is 59.6 Å². The van der Waals surface area contributed by atoms with Crippen LogP contribution in [-0.2, 0) is 0 Å². The van der Waals surface area contributed by atoms with Crippen molar-refractivity contribution in [3.05, 3.63) is 47.5 Å². The van der Waals surface area contributed by atoms with Gasteiger partial charge in [-0.1, -0.05) is 0 Å². The third kappa shape index (κ3) is 4.52. The van der Waals surface area contributed by atoms with Gasteiger partial charge in [0, 0.05) is 0 Å². The number of nitrogens with zero attached hydrogens (tertiary/aromatic N) is 2. The average molecular weight is 325 g/mol. The molecule has 8 nitrogen and oxygen atoms in total. The van der Waals surface area contributed by atoms with Crippen molar-refractivity contribution in [3.63, 3.8) is 0 Å². The molecular formula is C14H10N2NaO6+. The SMILES string of the molecule is O=C(O)c1cc(N=Nc2ccc(O)c(C(=O)O)c2)ccc1O.[Na+].